The van der Waals surface area contributed by atoms with Crippen LogP contribution in [-0.4, -0.2) is 20.4 Å². The molecule has 64 valence electrons. The Morgan fingerprint density at radius 1 is 1.42 bits per heavy atom. The molecule has 0 atom stereocenters. The second-order valence-electron chi connectivity index (χ2n) is 2.02. The third-order valence-corrected chi connectivity index (χ3v) is 1.34. The lowest BCUT2D eigenvalue weighted by Crippen LogP contribution is -1.91. The van der Waals surface area contributed by atoms with Gasteiger partial charge in [-0.25, -0.2) is 0 Å². The molecule has 12 heavy (non-hydrogen) atoms. The van der Waals surface area contributed by atoms with Gasteiger partial charge in [0.2, 0.25) is 0 Å². The van der Waals surface area contributed by atoms with Crippen molar-refractivity contribution >= 4 is 6.29 Å². The zero-order chi connectivity index (χ0) is 14.0. The highest BCUT2D eigenvalue weighted by atomic mass is 16.5. The average Bonchev–Trinajstić information content (AvgIpc) is 2.16. The van der Waals surface area contributed by atoms with Gasteiger partial charge in [-0.15, -0.1) is 0 Å². The molecule has 0 aliphatic heterocycles. The van der Waals surface area contributed by atoms with Crippen LogP contribution in [0.5, 0.6) is 11.5 Å². The molecule has 0 N–H and O–H groups in total. The van der Waals surface area contributed by atoms with Crippen molar-refractivity contribution in [2.24, 2.45) is 0 Å². The number of benzene rings is 1. The van der Waals surface area contributed by atoms with Gasteiger partial charge in [-0.2, -0.15) is 0 Å². The molecule has 0 fully saturated rings. The van der Waals surface area contributed by atoms with Crippen molar-refractivity contribution in [3.8, 4) is 11.5 Å². The highest BCUT2D eigenvalue weighted by Crippen LogP contribution is 2.21. The van der Waals surface area contributed by atoms with Crippen LogP contribution in [0.3, 0.4) is 0 Å². The van der Waals surface area contributed by atoms with Crippen LogP contribution < -0.4 is 9.47 Å². The molecule has 0 spiro atoms. The van der Waals surface area contributed by atoms with E-state index in [9.17, 15) is 4.79 Å². The monoisotopic (exact) mass is 172 g/mol. The molecular formula is C9H10O3. The minimum atomic E-state index is -2.69. The molecule has 3 nitrogen and oxygen atoms in total. The summed E-state index contributed by atoms with van der Waals surface area (Å²) in [6.07, 6.45) is 0.355. The first kappa shape index (κ1) is 3.47. The first-order chi connectivity index (χ1) is 8.11. The lowest BCUT2D eigenvalue weighted by Gasteiger charge is -2.04. The van der Waals surface area contributed by atoms with E-state index >= 15 is 0 Å². The lowest BCUT2D eigenvalue weighted by atomic mass is 10.2. The Morgan fingerprint density at radius 3 is 2.92 bits per heavy atom. The van der Waals surface area contributed by atoms with Crippen LogP contribution in [0.15, 0.2) is 18.2 Å². The Morgan fingerprint density at radius 2 is 2.25 bits per heavy atom. The maximum Gasteiger partial charge on any atom is 0.153 e. The summed E-state index contributed by atoms with van der Waals surface area (Å²) in [4.78, 5) is 10.8. The lowest BCUT2D eigenvalue weighted by molar-refractivity contribution is 0.112. The number of rotatable bonds is 3. The van der Waals surface area contributed by atoms with Crippen molar-refractivity contribution in [1.82, 2.24) is 0 Å². The zero-order valence-electron chi connectivity index (χ0n) is 12.0. The summed E-state index contributed by atoms with van der Waals surface area (Å²) in [6, 6.07) is 3.47. The van der Waals surface area contributed by atoms with Gasteiger partial charge >= 0.3 is 0 Å². The largest absolute Gasteiger partial charge is 0.497 e. The number of ether oxygens (including phenoxy) is 2. The van der Waals surface area contributed by atoms with Crippen molar-refractivity contribution in [2.75, 3.05) is 14.1 Å². The fraction of sp³-hybridized carbons (Fsp3) is 0.222. The predicted molar refractivity (Wildman–Crippen MR) is 44.9 cm³/mol. The first-order valence-electron chi connectivity index (χ1n) is 6.08. The normalized spacial score (nSPS) is 18.7. The highest BCUT2D eigenvalue weighted by Gasteiger charge is 2.02. The maximum atomic E-state index is 10.8. The van der Waals surface area contributed by atoms with Gasteiger partial charge in [-0.1, -0.05) is 0 Å². The van der Waals surface area contributed by atoms with Crippen LogP contribution in [-0.2, 0) is 0 Å². The van der Waals surface area contributed by atoms with Gasteiger partial charge < -0.3 is 9.47 Å². The molecule has 0 saturated heterocycles. The van der Waals surface area contributed by atoms with Crippen LogP contribution in [0.1, 0.15) is 18.6 Å². The molecular weight excluding hydrogens is 156 g/mol. The standard InChI is InChI=1S/C9H10O3/c1-11-8-3-4-9(12-2)7(5-8)6-10/h3-6H,1-2H3/i1D3,2D3. The molecule has 3 heteroatoms. The Labute approximate surface area is 79.3 Å². The maximum absolute atomic E-state index is 10.8. The van der Waals surface area contributed by atoms with Gasteiger partial charge in [0, 0.05) is 0 Å². The van der Waals surface area contributed by atoms with Crippen molar-refractivity contribution in [1.29, 1.82) is 0 Å². The van der Waals surface area contributed by atoms with Gasteiger partial charge in [-0.05, 0) is 18.2 Å². The summed E-state index contributed by atoms with van der Waals surface area (Å²) in [5, 5.41) is 0. The predicted octanol–water partition coefficient (Wildman–Crippen LogP) is 1.52. The van der Waals surface area contributed by atoms with Crippen molar-refractivity contribution in [2.45, 2.75) is 0 Å². The Bertz CT molecular complexity index is 437. The minimum absolute atomic E-state index is 0.0741. The SMILES string of the molecule is [2H]C([2H])([2H])Oc1ccc(OC([2H])([2H])[2H])c(C=O)c1. The molecule has 0 amide bonds. The number of carbonyl (C=O) groups is 1. The van der Waals surface area contributed by atoms with E-state index in [0.717, 1.165) is 12.1 Å². The average molecular weight is 172 g/mol. The quantitative estimate of drug-likeness (QED) is 0.648. The van der Waals surface area contributed by atoms with Gasteiger partial charge in [0.1, 0.15) is 11.5 Å². The van der Waals surface area contributed by atoms with E-state index in [1.54, 1.807) is 0 Å². The van der Waals surface area contributed by atoms with Crippen molar-refractivity contribution in [3.63, 3.8) is 0 Å². The highest BCUT2D eigenvalue weighted by molar-refractivity contribution is 5.80. The molecule has 0 heterocycles. The summed E-state index contributed by atoms with van der Waals surface area (Å²) in [6.45, 7) is 0. The molecule has 1 rings (SSSR count). The van der Waals surface area contributed by atoms with Gasteiger partial charge in [0.05, 0.1) is 27.9 Å². The Hall–Kier alpha value is -1.51. The topological polar surface area (TPSA) is 35.5 Å². The van der Waals surface area contributed by atoms with E-state index in [-0.39, 0.29) is 17.1 Å². The molecule has 1 aromatic carbocycles. The van der Waals surface area contributed by atoms with E-state index in [1.165, 1.54) is 6.07 Å². The smallest absolute Gasteiger partial charge is 0.153 e. The van der Waals surface area contributed by atoms with E-state index in [0.29, 0.717) is 6.29 Å². The summed E-state index contributed by atoms with van der Waals surface area (Å²) in [7, 11) is -5.34. The van der Waals surface area contributed by atoms with Crippen LogP contribution in [0, 0.1) is 0 Å². The number of hydrogen-bond donors (Lipinski definition) is 0. The molecule has 0 radical (unpaired) electrons. The fourth-order valence-corrected chi connectivity index (χ4v) is 0.775. The Kier molecular flexibility index (Phi) is 1.09. The van der Waals surface area contributed by atoms with Gasteiger partial charge in [-0.3, -0.25) is 4.79 Å². The third-order valence-electron chi connectivity index (χ3n) is 1.34. The van der Waals surface area contributed by atoms with E-state index in [2.05, 4.69) is 9.47 Å². The zero-order valence-corrected chi connectivity index (χ0v) is 6.03. The van der Waals surface area contributed by atoms with Crippen LogP contribution in [0.2, 0.25) is 0 Å². The van der Waals surface area contributed by atoms with E-state index in [1.807, 2.05) is 0 Å². The van der Waals surface area contributed by atoms with E-state index in [4.69, 9.17) is 8.22 Å². The fourth-order valence-electron chi connectivity index (χ4n) is 0.775. The summed E-state index contributed by atoms with van der Waals surface area (Å²) in [5.74, 6) is -0.238. The van der Waals surface area contributed by atoms with Gasteiger partial charge in [0.15, 0.2) is 6.29 Å². The molecule has 0 unspecified atom stereocenters. The minimum Gasteiger partial charge on any atom is -0.497 e. The van der Waals surface area contributed by atoms with Crippen molar-refractivity contribution < 1.29 is 22.5 Å². The summed E-state index contributed by atoms with van der Waals surface area (Å²) >= 11 is 0. The van der Waals surface area contributed by atoms with Crippen LogP contribution in [0.25, 0.3) is 0 Å². The van der Waals surface area contributed by atoms with Crippen LogP contribution >= 0.6 is 0 Å². The third kappa shape index (κ3) is 1.56. The first-order valence-corrected chi connectivity index (χ1v) is 3.08. The number of methoxy groups -OCH3 is 2. The second-order valence-corrected chi connectivity index (χ2v) is 2.02. The van der Waals surface area contributed by atoms with Crippen molar-refractivity contribution in [3.05, 3.63) is 23.8 Å². The summed E-state index contributed by atoms with van der Waals surface area (Å²) < 4.78 is 50.6. The van der Waals surface area contributed by atoms with Crippen LogP contribution in [0.4, 0.5) is 0 Å². The van der Waals surface area contributed by atoms with Gasteiger partial charge in [0.25, 0.3) is 0 Å². The number of aldehydes is 1. The molecule has 0 aromatic heterocycles. The molecule has 0 bridgehead atoms. The number of carbonyl (C=O) groups excluding carboxylic acids is 1. The summed E-state index contributed by atoms with van der Waals surface area (Å²) in [5.41, 5.74) is -0.104. The number of hydrogen-bond acceptors (Lipinski definition) is 3. The molecule has 1 aromatic rings. The Balaban J connectivity index is 3.00. The molecule has 0 saturated carbocycles. The second kappa shape index (κ2) is 3.76. The molecule has 0 aliphatic carbocycles. The van der Waals surface area contributed by atoms with E-state index < -0.39 is 14.1 Å². The molecule has 0 aliphatic rings.